The van der Waals surface area contributed by atoms with Gasteiger partial charge in [0.15, 0.2) is 12.2 Å². The van der Waals surface area contributed by atoms with Crippen LogP contribution in [0.25, 0.3) is 0 Å². The van der Waals surface area contributed by atoms with E-state index in [1.807, 2.05) is 30.4 Å². The highest BCUT2D eigenvalue weighted by atomic mass is 31.2. The quantitative estimate of drug-likeness (QED) is 0.0169. The Bertz CT molecular complexity index is 2910. The molecular weight excluding hydrogens is 1400 g/mol. The first-order valence-corrected chi connectivity index (χ1v) is 43.0. The van der Waals surface area contributed by atoms with Gasteiger partial charge in [-0.1, -0.05) is 279 Å². The maximum Gasteiger partial charge on any atom is 0.472 e. The van der Waals surface area contributed by atoms with Crippen molar-refractivity contribution in [1.82, 2.24) is 0 Å². The van der Waals surface area contributed by atoms with Gasteiger partial charge in [0, 0.05) is 25.7 Å². The van der Waals surface area contributed by atoms with E-state index in [0.29, 0.717) is 38.5 Å². The predicted octanol–water partition coefficient (Wildman–Crippen LogP) is 23.7. The molecule has 0 saturated carbocycles. The molecule has 0 bridgehead atoms. The van der Waals surface area contributed by atoms with Crippen molar-refractivity contribution < 1.29 is 80.2 Å². The first-order valence-electron chi connectivity index (χ1n) is 40.0. The number of esters is 4. The summed E-state index contributed by atoms with van der Waals surface area (Å²) >= 11 is 0. The number of allylic oxidation sites excluding steroid dienone is 36. The Morgan fingerprint density at radius 3 is 0.843 bits per heavy atom. The Morgan fingerprint density at radius 2 is 0.509 bits per heavy atom. The summed E-state index contributed by atoms with van der Waals surface area (Å²) in [4.78, 5) is 73.0. The molecule has 0 aliphatic rings. The average molecular weight is 1540 g/mol. The van der Waals surface area contributed by atoms with Crippen LogP contribution in [0.4, 0.5) is 0 Å². The largest absolute Gasteiger partial charge is 0.472 e. The fourth-order valence-corrected chi connectivity index (χ4v) is 11.0. The molecule has 0 fully saturated rings. The number of unbranched alkanes of at least 4 members (excludes halogenated alkanes) is 10. The van der Waals surface area contributed by atoms with E-state index >= 15 is 0 Å². The number of aliphatic hydroxyl groups excluding tert-OH is 1. The Hall–Kier alpha value is -6.62. The number of ether oxygens (including phenoxy) is 4. The molecule has 5 unspecified atom stereocenters. The van der Waals surface area contributed by atoms with Crippen molar-refractivity contribution >= 4 is 39.5 Å². The first kappa shape index (κ1) is 101. The second-order valence-electron chi connectivity index (χ2n) is 25.5. The molecule has 19 heteroatoms. The van der Waals surface area contributed by atoms with Gasteiger partial charge in [0.1, 0.15) is 19.3 Å². The Kier molecular flexibility index (Phi) is 73.7. The number of hydrogen-bond donors (Lipinski definition) is 3. The summed E-state index contributed by atoms with van der Waals surface area (Å²) in [7, 11) is -10.0. The third-order valence-corrected chi connectivity index (χ3v) is 17.3. The van der Waals surface area contributed by atoms with E-state index in [-0.39, 0.29) is 25.7 Å². The topological polar surface area (TPSA) is 237 Å². The summed E-state index contributed by atoms with van der Waals surface area (Å²) in [6.45, 7) is 4.21. The molecule has 0 amide bonds. The van der Waals surface area contributed by atoms with Crippen LogP contribution in [-0.4, -0.2) is 96.7 Å². The Morgan fingerprint density at radius 1 is 0.269 bits per heavy atom. The van der Waals surface area contributed by atoms with Gasteiger partial charge in [-0.05, 0) is 173 Å². The van der Waals surface area contributed by atoms with E-state index in [1.165, 1.54) is 0 Å². The molecule has 17 nitrogen and oxygen atoms in total. The summed E-state index contributed by atoms with van der Waals surface area (Å²) in [6.07, 6.45) is 99.4. The van der Waals surface area contributed by atoms with Crippen molar-refractivity contribution in [2.24, 2.45) is 0 Å². The van der Waals surface area contributed by atoms with Gasteiger partial charge < -0.3 is 33.8 Å². The van der Waals surface area contributed by atoms with Crippen molar-refractivity contribution in [3.05, 3.63) is 219 Å². The average Bonchev–Trinajstić information content (AvgIpc) is 0.886. The van der Waals surface area contributed by atoms with E-state index in [9.17, 15) is 43.2 Å². The van der Waals surface area contributed by atoms with Crippen LogP contribution in [0.3, 0.4) is 0 Å². The lowest BCUT2D eigenvalue weighted by atomic mass is 10.1. The predicted molar refractivity (Wildman–Crippen MR) is 445 cm³/mol. The van der Waals surface area contributed by atoms with E-state index in [4.69, 9.17) is 37.0 Å². The normalized spacial score (nSPS) is 15.0. The van der Waals surface area contributed by atoms with Crippen molar-refractivity contribution in [2.45, 2.75) is 277 Å². The van der Waals surface area contributed by atoms with Gasteiger partial charge in [0.05, 0.1) is 26.4 Å². The van der Waals surface area contributed by atoms with E-state index < -0.39 is 97.5 Å². The molecule has 0 radical (unpaired) electrons. The second-order valence-corrected chi connectivity index (χ2v) is 28.4. The molecule has 0 rings (SSSR count). The third-order valence-electron chi connectivity index (χ3n) is 15.4. The summed E-state index contributed by atoms with van der Waals surface area (Å²) < 4.78 is 68.4. The highest BCUT2D eigenvalue weighted by molar-refractivity contribution is 7.47. The third kappa shape index (κ3) is 77.5. The highest BCUT2D eigenvalue weighted by Crippen LogP contribution is 2.45. The number of phosphoric ester groups is 2. The summed E-state index contributed by atoms with van der Waals surface area (Å²) in [5.74, 6) is -2.42. The van der Waals surface area contributed by atoms with Crippen molar-refractivity contribution in [1.29, 1.82) is 0 Å². The number of hydrogen-bond acceptors (Lipinski definition) is 15. The summed E-state index contributed by atoms with van der Waals surface area (Å²) in [5, 5.41) is 10.6. The molecule has 108 heavy (non-hydrogen) atoms. The number of phosphoric acid groups is 2. The van der Waals surface area contributed by atoms with E-state index in [0.717, 1.165) is 167 Å². The Balaban J connectivity index is 5.54. The minimum Gasteiger partial charge on any atom is -0.462 e. The number of rotatable bonds is 72. The lowest BCUT2D eigenvalue weighted by Gasteiger charge is -2.21. The number of carbonyl (C=O) groups is 4. The molecule has 0 aliphatic carbocycles. The van der Waals surface area contributed by atoms with Gasteiger partial charge in [-0.15, -0.1) is 0 Å². The van der Waals surface area contributed by atoms with Crippen LogP contribution in [0.2, 0.25) is 0 Å². The van der Waals surface area contributed by atoms with Crippen LogP contribution in [0, 0.1) is 0 Å². The number of carbonyl (C=O) groups excluding carboxylic acids is 4. The summed E-state index contributed by atoms with van der Waals surface area (Å²) in [5.41, 5.74) is 0. The van der Waals surface area contributed by atoms with Crippen LogP contribution in [-0.2, 0) is 65.4 Å². The number of aliphatic hydroxyl groups is 1. The minimum atomic E-state index is -5.03. The fraction of sp³-hybridized carbons (Fsp3) is 0.551. The van der Waals surface area contributed by atoms with E-state index in [1.54, 1.807) is 0 Å². The molecule has 0 aromatic heterocycles. The maximum atomic E-state index is 13.1. The SMILES string of the molecule is CC/C=C\C/C=C\C/C=C\C/C=C\C/C=C\C/C=C\CCC(=O)OCC(COP(=O)(O)OCC(O)COP(=O)(O)OCC(COC(=O)CCCCC/C=C\C/C=C\C/C=C\C/C=C\C/C=C\CC)OC(=O)CCCCCCC/C=C\C/C=C\CCC)OC(=O)CCC/C=C\C/C=C\C/C=C\C/C=C\C/C=C\CC. The highest BCUT2D eigenvalue weighted by Gasteiger charge is 2.30. The van der Waals surface area contributed by atoms with Gasteiger partial charge in [0.2, 0.25) is 0 Å². The van der Waals surface area contributed by atoms with Crippen LogP contribution in [0.15, 0.2) is 219 Å². The minimum absolute atomic E-state index is 0.0101. The van der Waals surface area contributed by atoms with Crippen molar-refractivity contribution in [2.75, 3.05) is 39.6 Å². The standard InChI is InChI=1S/C89H138O17P2/c1-5-9-13-17-21-25-29-33-36-39-41-44-46-50-53-57-61-65-69-73-86(91)99-79-84(105-88(93)75-71-67-63-59-55-49-32-28-24-20-16-12-8-4)81-103-107(95,96)101-77-83(90)78-102-108(97,98)104-82-85(106-89(94)76-72-68-64-60-56-52-48-43-38-35-31-27-23-19-15-11-7-3)80-100-87(92)74-70-66-62-58-54-51-47-45-42-40-37-34-30-26-22-18-14-10-6-2/h9-11,13-16,20-23,25-28,32-38,41-42,44-45,48,50-54,60,62,64,66,83-85,90H,5-8,12,17-19,24,29-31,39-40,43,46-47,49,55-59,61,63,65,67-82H2,1-4H3,(H,95,96)(H,97,98)/b13-9-,14-10-,15-11-,20-16-,25-21-,26-22-,27-23-,32-28-,36-33-,37-34-,38-35-,44-41-,45-42-,52-48-,53-50-,54-51-,64-60-,66-62-. The van der Waals surface area contributed by atoms with Crippen LogP contribution >= 0.6 is 15.6 Å². The zero-order valence-corrected chi connectivity index (χ0v) is 68.0. The molecule has 0 spiro atoms. The lowest BCUT2D eigenvalue weighted by molar-refractivity contribution is -0.161. The van der Waals surface area contributed by atoms with Crippen molar-refractivity contribution in [3.63, 3.8) is 0 Å². The van der Waals surface area contributed by atoms with Crippen LogP contribution in [0.5, 0.6) is 0 Å². The maximum absolute atomic E-state index is 13.1. The second kappa shape index (κ2) is 78.5. The van der Waals surface area contributed by atoms with Crippen molar-refractivity contribution in [3.8, 4) is 0 Å². The molecule has 0 aromatic rings. The molecule has 606 valence electrons. The molecule has 0 aliphatic heterocycles. The zero-order valence-electron chi connectivity index (χ0n) is 66.2. The summed E-state index contributed by atoms with van der Waals surface area (Å²) in [6, 6.07) is 0. The molecule has 0 aromatic carbocycles. The molecule has 3 N–H and O–H groups in total. The van der Waals surface area contributed by atoms with Crippen LogP contribution in [0.1, 0.15) is 259 Å². The van der Waals surface area contributed by atoms with Crippen LogP contribution < -0.4 is 0 Å². The first-order chi connectivity index (χ1) is 52.7. The molecule has 0 heterocycles. The van der Waals surface area contributed by atoms with Gasteiger partial charge in [-0.2, -0.15) is 0 Å². The molecule has 5 atom stereocenters. The molecular formula is C89H138O17P2. The zero-order chi connectivity index (χ0) is 78.9. The van der Waals surface area contributed by atoms with E-state index in [2.05, 4.69) is 216 Å². The van der Waals surface area contributed by atoms with Gasteiger partial charge in [-0.3, -0.25) is 37.3 Å². The fourth-order valence-electron chi connectivity index (χ4n) is 9.46. The monoisotopic (exact) mass is 1540 g/mol. The van der Waals surface area contributed by atoms with Gasteiger partial charge in [0.25, 0.3) is 0 Å². The van der Waals surface area contributed by atoms with Gasteiger partial charge >= 0.3 is 39.5 Å². The molecule has 0 saturated heterocycles. The Labute approximate surface area is 651 Å². The smallest absolute Gasteiger partial charge is 0.462 e. The van der Waals surface area contributed by atoms with Gasteiger partial charge in [-0.25, -0.2) is 9.13 Å². The lowest BCUT2D eigenvalue weighted by Crippen LogP contribution is -2.30.